The van der Waals surface area contributed by atoms with E-state index in [1.165, 1.54) is 38.6 Å². The molecule has 0 saturated carbocycles. The molecule has 19 heavy (non-hydrogen) atoms. The number of phenolic OH excluding ortho intramolecular Hbond substituents is 1. The first-order valence-electron chi connectivity index (χ1n) is 6.59. The molecule has 2 aromatic carbocycles. The molecule has 0 aliphatic rings. The topological polar surface area (TPSA) is 20.2 Å². The number of hydrogen-bond donors (Lipinski definition) is 1. The van der Waals surface area contributed by atoms with Crippen LogP contribution in [0.4, 0.5) is 0 Å². The Hall–Kier alpha value is -1.15. The van der Waals surface area contributed by atoms with Crippen LogP contribution < -0.4 is 0 Å². The van der Waals surface area contributed by atoms with Gasteiger partial charge in [0.15, 0.2) is 0 Å². The Morgan fingerprint density at radius 2 is 1.05 bits per heavy atom. The van der Waals surface area contributed by atoms with Crippen LogP contribution in [0.5, 0.6) is 5.75 Å². The summed E-state index contributed by atoms with van der Waals surface area (Å²) in [5, 5.41) is 13.0. The van der Waals surface area contributed by atoms with Crippen molar-refractivity contribution in [3.05, 3.63) is 33.4 Å². The highest BCUT2D eigenvalue weighted by molar-refractivity contribution is 7.98. The largest absolute Gasteiger partial charge is 0.506 e. The number of thioether (sulfide) groups is 1. The van der Waals surface area contributed by atoms with Gasteiger partial charge in [0, 0.05) is 5.56 Å². The number of hydrogen-bond acceptors (Lipinski definition) is 2. The number of phenols is 1. The minimum atomic E-state index is 0.447. The van der Waals surface area contributed by atoms with Crippen molar-refractivity contribution in [2.75, 3.05) is 6.26 Å². The summed E-state index contributed by atoms with van der Waals surface area (Å²) in [6.07, 6.45) is 2.02. The van der Waals surface area contributed by atoms with Crippen LogP contribution in [0.2, 0.25) is 0 Å². The summed E-state index contributed by atoms with van der Waals surface area (Å²) in [7, 11) is 0. The first kappa shape index (κ1) is 14.3. The van der Waals surface area contributed by atoms with E-state index in [2.05, 4.69) is 34.6 Å². The third kappa shape index (κ3) is 1.85. The average molecular weight is 274 g/mol. The van der Waals surface area contributed by atoms with Crippen LogP contribution in [0.3, 0.4) is 0 Å². The summed E-state index contributed by atoms with van der Waals surface area (Å²) < 4.78 is 0. The minimum absolute atomic E-state index is 0.447. The summed E-state index contributed by atoms with van der Waals surface area (Å²) in [5.74, 6) is 0.447. The Kier molecular flexibility index (Phi) is 3.57. The van der Waals surface area contributed by atoms with Crippen LogP contribution in [0.1, 0.15) is 33.4 Å². The van der Waals surface area contributed by atoms with Crippen molar-refractivity contribution in [2.24, 2.45) is 0 Å². The molecular weight excluding hydrogens is 252 g/mol. The Labute approximate surface area is 120 Å². The van der Waals surface area contributed by atoms with E-state index in [1.54, 1.807) is 11.8 Å². The summed E-state index contributed by atoms with van der Waals surface area (Å²) in [4.78, 5) is 1.01. The van der Waals surface area contributed by atoms with E-state index in [4.69, 9.17) is 0 Å². The van der Waals surface area contributed by atoms with Gasteiger partial charge in [-0.15, -0.1) is 11.8 Å². The molecule has 2 rings (SSSR count). The van der Waals surface area contributed by atoms with E-state index >= 15 is 0 Å². The molecule has 0 atom stereocenters. The van der Waals surface area contributed by atoms with Crippen LogP contribution in [-0.2, 0) is 0 Å². The molecule has 0 bridgehead atoms. The van der Waals surface area contributed by atoms with Crippen LogP contribution in [0.25, 0.3) is 10.8 Å². The highest BCUT2D eigenvalue weighted by Gasteiger charge is 2.19. The maximum atomic E-state index is 10.4. The van der Waals surface area contributed by atoms with Gasteiger partial charge in [-0.05, 0) is 86.4 Å². The molecule has 0 aromatic heterocycles. The van der Waals surface area contributed by atoms with Crippen LogP contribution in [0.15, 0.2) is 4.90 Å². The lowest BCUT2D eigenvalue weighted by atomic mass is 9.87. The quantitative estimate of drug-likeness (QED) is 0.728. The van der Waals surface area contributed by atoms with Crippen molar-refractivity contribution in [3.63, 3.8) is 0 Å². The molecule has 0 aliphatic carbocycles. The van der Waals surface area contributed by atoms with E-state index < -0.39 is 0 Å². The second kappa shape index (κ2) is 4.75. The third-order valence-corrected chi connectivity index (χ3v) is 5.46. The normalized spacial score (nSPS) is 11.3. The molecule has 0 heterocycles. The molecule has 1 nitrogen and oxygen atoms in total. The fourth-order valence-corrected chi connectivity index (χ4v) is 3.83. The van der Waals surface area contributed by atoms with Crippen molar-refractivity contribution in [3.8, 4) is 5.75 Å². The maximum absolute atomic E-state index is 10.4. The molecule has 0 spiro atoms. The van der Waals surface area contributed by atoms with Crippen molar-refractivity contribution in [1.29, 1.82) is 0 Å². The molecular formula is C17H22OS. The van der Waals surface area contributed by atoms with Gasteiger partial charge in [0.1, 0.15) is 5.75 Å². The first-order chi connectivity index (χ1) is 8.82. The number of aryl methyl sites for hydroxylation is 4. The monoisotopic (exact) mass is 274 g/mol. The van der Waals surface area contributed by atoms with Crippen molar-refractivity contribution < 1.29 is 5.11 Å². The SMILES string of the molecule is CSc1c(O)c(C)c2c(C)c(C)c(C)c(C)c2c1C. The van der Waals surface area contributed by atoms with Crippen molar-refractivity contribution in [1.82, 2.24) is 0 Å². The van der Waals surface area contributed by atoms with Crippen LogP contribution >= 0.6 is 11.8 Å². The number of fused-ring (bicyclic) bond motifs is 1. The van der Waals surface area contributed by atoms with Gasteiger partial charge in [-0.3, -0.25) is 0 Å². The number of benzene rings is 2. The van der Waals surface area contributed by atoms with Gasteiger partial charge < -0.3 is 5.11 Å². The van der Waals surface area contributed by atoms with Gasteiger partial charge in [-0.25, -0.2) is 0 Å². The van der Waals surface area contributed by atoms with Crippen LogP contribution in [-0.4, -0.2) is 11.4 Å². The van der Waals surface area contributed by atoms with Crippen LogP contribution in [0, 0.1) is 41.5 Å². The van der Waals surface area contributed by atoms with Gasteiger partial charge in [0.25, 0.3) is 0 Å². The second-order valence-electron chi connectivity index (χ2n) is 5.38. The van der Waals surface area contributed by atoms with Gasteiger partial charge in [-0.1, -0.05) is 0 Å². The molecule has 2 aromatic rings. The average Bonchev–Trinajstić information content (AvgIpc) is 2.38. The molecule has 0 radical (unpaired) electrons. The fourth-order valence-electron chi connectivity index (χ4n) is 3.08. The Bertz CT molecular complexity index is 684. The lowest BCUT2D eigenvalue weighted by Gasteiger charge is -2.21. The molecule has 0 amide bonds. The predicted molar refractivity (Wildman–Crippen MR) is 85.8 cm³/mol. The fraction of sp³-hybridized carbons (Fsp3) is 0.412. The standard InChI is InChI=1S/C17H22OS/c1-8-9(2)11(4)15-13(6)17(19-7)16(18)12(5)14(15)10(8)3/h18H,1-7H3. The molecule has 2 heteroatoms. The van der Waals surface area contributed by atoms with Gasteiger partial charge >= 0.3 is 0 Å². The number of rotatable bonds is 1. The molecule has 0 saturated heterocycles. The maximum Gasteiger partial charge on any atom is 0.132 e. The molecule has 0 aliphatic heterocycles. The highest BCUT2D eigenvalue weighted by Crippen LogP contribution is 2.43. The molecule has 0 unspecified atom stereocenters. The van der Waals surface area contributed by atoms with E-state index in [-0.39, 0.29) is 0 Å². The van der Waals surface area contributed by atoms with Crippen molar-refractivity contribution in [2.45, 2.75) is 46.4 Å². The van der Waals surface area contributed by atoms with Gasteiger partial charge in [0.2, 0.25) is 0 Å². The molecule has 0 fully saturated rings. The highest BCUT2D eigenvalue weighted by atomic mass is 32.2. The zero-order valence-corrected chi connectivity index (χ0v) is 13.7. The van der Waals surface area contributed by atoms with Gasteiger partial charge in [0.05, 0.1) is 4.90 Å². The lowest BCUT2D eigenvalue weighted by Crippen LogP contribution is -1.99. The number of aromatic hydroxyl groups is 1. The Morgan fingerprint density at radius 1 is 0.632 bits per heavy atom. The lowest BCUT2D eigenvalue weighted by molar-refractivity contribution is 0.458. The molecule has 102 valence electrons. The smallest absolute Gasteiger partial charge is 0.132 e. The second-order valence-corrected chi connectivity index (χ2v) is 6.20. The van der Waals surface area contributed by atoms with Crippen molar-refractivity contribution >= 4 is 22.5 Å². The third-order valence-electron chi connectivity index (χ3n) is 4.55. The Morgan fingerprint density at radius 3 is 1.47 bits per heavy atom. The summed E-state index contributed by atoms with van der Waals surface area (Å²) in [5.41, 5.74) is 7.55. The summed E-state index contributed by atoms with van der Waals surface area (Å²) in [6.45, 7) is 12.9. The first-order valence-corrected chi connectivity index (χ1v) is 7.81. The molecule has 1 N–H and O–H groups in total. The van der Waals surface area contributed by atoms with E-state index in [1.807, 2.05) is 13.2 Å². The zero-order chi connectivity index (χ0) is 14.5. The van der Waals surface area contributed by atoms with E-state index in [9.17, 15) is 5.11 Å². The Balaban J connectivity index is 3.18. The van der Waals surface area contributed by atoms with E-state index in [0.29, 0.717) is 5.75 Å². The zero-order valence-electron chi connectivity index (χ0n) is 12.9. The summed E-state index contributed by atoms with van der Waals surface area (Å²) >= 11 is 1.63. The van der Waals surface area contributed by atoms with Gasteiger partial charge in [-0.2, -0.15) is 0 Å². The minimum Gasteiger partial charge on any atom is -0.506 e. The predicted octanol–water partition coefficient (Wildman–Crippen LogP) is 5.12. The van der Waals surface area contributed by atoms with E-state index in [0.717, 1.165) is 10.5 Å². The summed E-state index contributed by atoms with van der Waals surface area (Å²) in [6, 6.07) is 0.